The Morgan fingerprint density at radius 1 is 0.356 bits per heavy atom. The highest BCUT2D eigenvalue weighted by Gasteiger charge is 2.74. The van der Waals surface area contributed by atoms with Crippen molar-refractivity contribution in [1.29, 1.82) is 21.0 Å². The van der Waals surface area contributed by atoms with Crippen LogP contribution in [-0.2, 0) is 40.1 Å². The zero-order valence-corrected chi connectivity index (χ0v) is 28.6. The van der Waals surface area contributed by atoms with Crippen LogP contribution in [0.4, 0.5) is 0 Å². The average molecular weight is 713 g/mol. The molecule has 0 aliphatic heterocycles. The molecule has 0 saturated heterocycles. The van der Waals surface area contributed by atoms with Crippen molar-refractivity contribution in [3.05, 3.63) is 0 Å². The van der Waals surface area contributed by atoms with E-state index in [0.29, 0.717) is 51.4 Å². The Morgan fingerprint density at radius 2 is 0.556 bits per heavy atom. The second kappa shape index (κ2) is 22.2. The molecule has 0 atom stereocenters. The van der Waals surface area contributed by atoms with Crippen molar-refractivity contribution < 1.29 is 33.7 Å². The van der Waals surface area contributed by atoms with Crippen LogP contribution in [0, 0.1) is 45.3 Å². The second-order valence-corrected chi connectivity index (χ2v) is 19.1. The first-order chi connectivity index (χ1) is 21.2. The van der Waals surface area contributed by atoms with Crippen LogP contribution in [-0.4, -0.2) is 62.6 Å². The lowest BCUT2D eigenvalue weighted by molar-refractivity contribution is 0.530. The summed E-state index contributed by atoms with van der Waals surface area (Å²) in [5, 5.41) is 34.8. The van der Waals surface area contributed by atoms with Crippen molar-refractivity contribution in [2.24, 2.45) is 0 Å². The zero-order valence-electron chi connectivity index (χ0n) is 25.3. The van der Waals surface area contributed by atoms with Crippen LogP contribution < -0.4 is 18.9 Å². The van der Waals surface area contributed by atoms with E-state index in [9.17, 15) is 33.7 Å². The minimum Gasteiger partial charge on any atom is -0.212 e. The lowest BCUT2D eigenvalue weighted by Crippen LogP contribution is -2.69. The highest BCUT2D eigenvalue weighted by molar-refractivity contribution is 8.38. The number of nitrogens with zero attached hydrogens (tertiary/aromatic N) is 4. The number of nitrogens with one attached hydrogen (secondary N) is 4. The molecule has 0 aromatic rings. The zero-order chi connectivity index (χ0) is 34.3. The van der Waals surface area contributed by atoms with Crippen LogP contribution in [0.2, 0.25) is 0 Å². The number of nitriles is 4. The molecule has 4 N–H and O–H groups in total. The fourth-order valence-electron chi connectivity index (χ4n) is 4.07. The Kier molecular flexibility index (Phi) is 21.0. The van der Waals surface area contributed by atoms with Crippen LogP contribution in [0.1, 0.15) is 103 Å². The molecular formula is C25H44N8O8S4. The Morgan fingerprint density at radius 3 is 0.733 bits per heavy atom. The van der Waals surface area contributed by atoms with Gasteiger partial charge in [0.1, 0.15) is 0 Å². The van der Waals surface area contributed by atoms with Gasteiger partial charge in [0.05, 0.1) is 24.3 Å². The first kappa shape index (κ1) is 42.6. The van der Waals surface area contributed by atoms with E-state index in [2.05, 4.69) is 0 Å². The normalized spacial score (nSPS) is 12.5. The molecule has 0 saturated carbocycles. The predicted octanol–water partition coefficient (Wildman–Crippen LogP) is 1.61. The van der Waals surface area contributed by atoms with E-state index >= 15 is 0 Å². The number of hydrogen-bond donors (Lipinski definition) is 4. The topological polar surface area (TPSA) is 280 Å². The molecule has 0 bridgehead atoms. The van der Waals surface area contributed by atoms with Crippen molar-refractivity contribution in [3.63, 3.8) is 0 Å². The molecule has 256 valence electrons. The minimum atomic E-state index is -5.80. The van der Waals surface area contributed by atoms with Crippen molar-refractivity contribution in [2.45, 2.75) is 105 Å². The maximum Gasteiger partial charge on any atom is 0.423 e. The van der Waals surface area contributed by atoms with E-state index in [-0.39, 0.29) is 51.4 Å². The summed E-state index contributed by atoms with van der Waals surface area (Å²) in [5.74, 6) is 0. The monoisotopic (exact) mass is 712 g/mol. The highest BCUT2D eigenvalue weighted by Crippen LogP contribution is 2.35. The van der Waals surface area contributed by atoms with Gasteiger partial charge in [0.15, 0.2) is 0 Å². The lowest BCUT2D eigenvalue weighted by Gasteiger charge is -2.32. The van der Waals surface area contributed by atoms with Crippen molar-refractivity contribution in [2.75, 3.05) is 26.2 Å². The molecule has 0 fully saturated rings. The van der Waals surface area contributed by atoms with Crippen LogP contribution in [0.3, 0.4) is 0 Å². The van der Waals surface area contributed by atoms with Gasteiger partial charge in [-0.3, -0.25) is 0 Å². The SMILES string of the molecule is N#CCCCCCNS(=O)(=O)C(S(=O)(=O)NCCCCCC#N)(S(=O)(=O)NCCCCCC#N)S(=O)(=O)NCCCCCC#N. The van der Waals surface area contributed by atoms with Crippen molar-refractivity contribution >= 4 is 40.1 Å². The maximum atomic E-state index is 13.9. The van der Waals surface area contributed by atoms with Gasteiger partial charge in [-0.1, -0.05) is 25.7 Å². The lowest BCUT2D eigenvalue weighted by atomic mass is 10.2. The maximum absolute atomic E-state index is 13.9. The van der Waals surface area contributed by atoms with Gasteiger partial charge < -0.3 is 0 Å². The van der Waals surface area contributed by atoms with Gasteiger partial charge >= 0.3 is 2.74 Å². The third-order valence-corrected chi connectivity index (χ3v) is 19.2. The molecule has 20 heteroatoms. The fourth-order valence-corrected chi connectivity index (χ4v) is 15.5. The first-order valence-electron chi connectivity index (χ1n) is 14.7. The summed E-state index contributed by atoms with van der Waals surface area (Å²) >= 11 is 0. The Labute approximate surface area is 268 Å². The highest BCUT2D eigenvalue weighted by atomic mass is 32.4. The Balaban J connectivity index is 6.80. The summed E-state index contributed by atoms with van der Waals surface area (Å²) in [6.45, 7) is -2.03. The molecule has 0 amide bonds. The van der Waals surface area contributed by atoms with Gasteiger partial charge in [-0.25, -0.2) is 52.6 Å². The molecule has 0 radical (unpaired) electrons. The number of unbranched alkanes of at least 4 members (excludes halogenated alkanes) is 12. The van der Waals surface area contributed by atoms with Crippen molar-refractivity contribution in [3.8, 4) is 24.3 Å². The number of hydrogen-bond acceptors (Lipinski definition) is 12. The van der Waals surface area contributed by atoms with E-state index in [4.69, 9.17) is 21.0 Å². The Hall–Kier alpha value is -2.40. The third-order valence-electron chi connectivity index (χ3n) is 6.35. The van der Waals surface area contributed by atoms with Gasteiger partial charge in [0.2, 0.25) is 0 Å². The standard InChI is InChI=1S/C25H44N8O8S4/c26-17-9-1-5-13-21-30-42(34,35)25(43(36,37)31-22-14-6-2-10-18-27,44(38,39)32-23-15-7-3-11-19-28)45(40,41)33-24-16-8-4-12-20-29/h30-33H,1-16,21-24H2. The smallest absolute Gasteiger partial charge is 0.212 e. The van der Waals surface area contributed by atoms with E-state index in [0.717, 1.165) is 0 Å². The van der Waals surface area contributed by atoms with E-state index < -0.39 is 69.0 Å². The molecule has 0 aliphatic carbocycles. The van der Waals surface area contributed by atoms with Gasteiger partial charge in [-0.2, -0.15) is 21.0 Å². The van der Waals surface area contributed by atoms with Gasteiger partial charge in [0.25, 0.3) is 40.1 Å². The molecule has 0 rings (SSSR count). The molecule has 0 unspecified atom stereocenters. The fraction of sp³-hybridized carbons (Fsp3) is 0.840. The molecule has 0 spiro atoms. The summed E-state index contributed by atoms with van der Waals surface area (Å²) in [6.07, 6.45) is 3.70. The molecule has 0 heterocycles. The minimum absolute atomic E-state index is 0.0576. The number of rotatable bonds is 28. The first-order valence-corrected chi connectivity index (χ1v) is 20.6. The summed E-state index contributed by atoms with van der Waals surface area (Å²) in [7, 11) is -23.2. The third kappa shape index (κ3) is 13.5. The van der Waals surface area contributed by atoms with Gasteiger partial charge in [-0.05, 0) is 51.4 Å². The summed E-state index contributed by atoms with van der Waals surface area (Å²) in [5.41, 5.74) is 0. The van der Waals surface area contributed by atoms with Crippen LogP contribution >= 0.6 is 0 Å². The van der Waals surface area contributed by atoms with Gasteiger partial charge in [-0.15, -0.1) is 0 Å². The second-order valence-electron chi connectivity index (χ2n) is 9.97. The Bertz CT molecular complexity index is 1260. The number of sulfonamides is 4. The van der Waals surface area contributed by atoms with Crippen LogP contribution in [0.5, 0.6) is 0 Å². The molecule has 0 aromatic carbocycles. The van der Waals surface area contributed by atoms with Gasteiger partial charge in [0, 0.05) is 51.9 Å². The molecule has 0 aromatic heterocycles. The van der Waals surface area contributed by atoms with E-state index in [1.807, 2.05) is 43.2 Å². The molecular weight excluding hydrogens is 669 g/mol. The average Bonchev–Trinajstić information content (AvgIpc) is 2.95. The largest absolute Gasteiger partial charge is 0.423 e. The summed E-state index contributed by atoms with van der Waals surface area (Å²) in [6, 6.07) is 7.67. The molecule has 0 aliphatic rings. The van der Waals surface area contributed by atoms with Crippen LogP contribution in [0.25, 0.3) is 0 Å². The van der Waals surface area contributed by atoms with Crippen LogP contribution in [0.15, 0.2) is 0 Å². The van der Waals surface area contributed by atoms with Crippen molar-refractivity contribution in [1.82, 2.24) is 18.9 Å². The molecule has 45 heavy (non-hydrogen) atoms. The molecule has 16 nitrogen and oxygen atoms in total. The van der Waals surface area contributed by atoms with E-state index in [1.54, 1.807) is 0 Å². The predicted molar refractivity (Wildman–Crippen MR) is 167 cm³/mol. The summed E-state index contributed by atoms with van der Waals surface area (Å²) < 4.78 is 114. The summed E-state index contributed by atoms with van der Waals surface area (Å²) in [4.78, 5) is 0. The quantitative estimate of drug-likeness (QED) is 0.0842. The van der Waals surface area contributed by atoms with E-state index in [1.165, 1.54) is 0 Å².